The minimum Gasteiger partial charge on any atom is -0.479 e. The summed E-state index contributed by atoms with van der Waals surface area (Å²) in [4.78, 5) is 24.8. The van der Waals surface area contributed by atoms with Crippen LogP contribution in [0.2, 0.25) is 0 Å². The zero-order chi connectivity index (χ0) is 20.9. The Balaban J connectivity index is 1.46. The molecule has 0 unspecified atom stereocenters. The van der Waals surface area contributed by atoms with Gasteiger partial charge in [-0.1, -0.05) is 30.3 Å². The maximum absolute atomic E-state index is 11.7. The summed E-state index contributed by atoms with van der Waals surface area (Å²) in [5.74, 6) is -1.42. The molecule has 10 heteroatoms. The second-order valence-corrected chi connectivity index (χ2v) is 7.74. The topological polar surface area (TPSA) is 121 Å². The van der Waals surface area contributed by atoms with Crippen molar-refractivity contribution >= 4 is 23.0 Å². The highest BCUT2D eigenvalue weighted by Crippen LogP contribution is 2.43. The van der Waals surface area contributed by atoms with E-state index in [0.29, 0.717) is 23.5 Å². The molecule has 2 saturated heterocycles. The summed E-state index contributed by atoms with van der Waals surface area (Å²) in [6.45, 7) is 4.08. The fourth-order valence-corrected chi connectivity index (χ4v) is 3.95. The number of aliphatic carboxylic acids is 1. The number of carboxylic acids is 1. The Bertz CT molecular complexity index is 1090. The first-order valence-electron chi connectivity index (χ1n) is 9.62. The van der Waals surface area contributed by atoms with Crippen molar-refractivity contribution in [3.63, 3.8) is 0 Å². The van der Waals surface area contributed by atoms with E-state index in [1.165, 1.54) is 6.33 Å². The van der Waals surface area contributed by atoms with Gasteiger partial charge >= 0.3 is 5.97 Å². The van der Waals surface area contributed by atoms with Crippen LogP contribution in [0.3, 0.4) is 0 Å². The molecule has 0 amide bonds. The third-order valence-electron chi connectivity index (χ3n) is 5.21. The number of nitrogens with one attached hydrogen (secondary N) is 1. The number of carboxylic acid groups (broad SMARTS) is 1. The Labute approximate surface area is 171 Å². The molecule has 2 aromatic heterocycles. The summed E-state index contributed by atoms with van der Waals surface area (Å²) in [5.41, 5.74) is 2.18. The first-order valence-corrected chi connectivity index (χ1v) is 9.62. The van der Waals surface area contributed by atoms with E-state index in [1.54, 1.807) is 24.7 Å². The second-order valence-electron chi connectivity index (χ2n) is 7.74. The van der Waals surface area contributed by atoms with Gasteiger partial charge in [0.15, 0.2) is 35.1 Å². The number of fused-ring (bicyclic) bond motifs is 2. The predicted octanol–water partition coefficient (Wildman–Crippen LogP) is 1.94. The van der Waals surface area contributed by atoms with E-state index < -0.39 is 36.3 Å². The summed E-state index contributed by atoms with van der Waals surface area (Å²) in [5, 5.41) is 12.8. The van der Waals surface area contributed by atoms with Crippen LogP contribution in [0.1, 0.15) is 25.6 Å². The molecule has 2 fully saturated rings. The number of rotatable bonds is 5. The number of aromatic nitrogens is 4. The van der Waals surface area contributed by atoms with E-state index in [-0.39, 0.29) is 0 Å². The summed E-state index contributed by atoms with van der Waals surface area (Å²) in [6, 6.07) is 9.94. The molecule has 156 valence electrons. The monoisotopic (exact) mass is 411 g/mol. The maximum atomic E-state index is 11.7. The summed E-state index contributed by atoms with van der Waals surface area (Å²) in [7, 11) is 0. The molecular weight excluding hydrogens is 390 g/mol. The number of anilines is 1. The van der Waals surface area contributed by atoms with Crippen LogP contribution in [-0.2, 0) is 25.5 Å². The van der Waals surface area contributed by atoms with Crippen molar-refractivity contribution < 1.29 is 24.1 Å². The molecule has 1 aromatic carbocycles. The first kappa shape index (κ1) is 18.9. The molecule has 0 aliphatic carbocycles. The van der Waals surface area contributed by atoms with Gasteiger partial charge in [0.05, 0.1) is 6.33 Å². The van der Waals surface area contributed by atoms with E-state index in [1.807, 2.05) is 30.3 Å². The van der Waals surface area contributed by atoms with E-state index in [0.717, 1.165) is 5.56 Å². The zero-order valence-corrected chi connectivity index (χ0v) is 16.4. The zero-order valence-electron chi connectivity index (χ0n) is 16.4. The lowest BCUT2D eigenvalue weighted by molar-refractivity contribution is -0.202. The van der Waals surface area contributed by atoms with E-state index in [2.05, 4.69) is 20.3 Å². The minimum atomic E-state index is -1.14. The number of benzene rings is 1. The summed E-state index contributed by atoms with van der Waals surface area (Å²) >= 11 is 0. The number of hydrogen-bond donors (Lipinski definition) is 2. The largest absolute Gasteiger partial charge is 0.479 e. The summed E-state index contributed by atoms with van der Waals surface area (Å²) < 4.78 is 19.2. The quantitative estimate of drug-likeness (QED) is 0.649. The first-order chi connectivity index (χ1) is 14.4. The van der Waals surface area contributed by atoms with Crippen LogP contribution >= 0.6 is 0 Å². The fourth-order valence-electron chi connectivity index (χ4n) is 3.95. The standard InChI is InChI=1S/C20H21N5O5/c1-20(2)29-13-14(30-20)18(28-15(13)19(26)27)25-10-24-12-16(22-9-23-17(12)25)21-8-11-6-4-3-5-7-11/h3-7,9-10,13-15,18H,8H2,1-2H3,(H,26,27)(H,21,22,23)/t13-,14+,15-,18+/m0/s1. The van der Waals surface area contributed by atoms with Gasteiger partial charge in [0.2, 0.25) is 0 Å². The van der Waals surface area contributed by atoms with Crippen LogP contribution in [0.25, 0.3) is 11.2 Å². The van der Waals surface area contributed by atoms with Gasteiger partial charge in [0, 0.05) is 6.54 Å². The van der Waals surface area contributed by atoms with Crippen LogP contribution in [0.5, 0.6) is 0 Å². The van der Waals surface area contributed by atoms with Crippen molar-refractivity contribution in [3.8, 4) is 0 Å². The maximum Gasteiger partial charge on any atom is 0.335 e. The van der Waals surface area contributed by atoms with Crippen LogP contribution in [-0.4, -0.2) is 54.7 Å². The van der Waals surface area contributed by atoms with Gasteiger partial charge in [-0.15, -0.1) is 0 Å². The van der Waals surface area contributed by atoms with Crippen molar-refractivity contribution in [1.82, 2.24) is 19.5 Å². The smallest absolute Gasteiger partial charge is 0.335 e. The van der Waals surface area contributed by atoms with Crippen LogP contribution < -0.4 is 5.32 Å². The van der Waals surface area contributed by atoms with Crippen molar-refractivity contribution in [3.05, 3.63) is 48.5 Å². The highest BCUT2D eigenvalue weighted by atomic mass is 16.8. The van der Waals surface area contributed by atoms with E-state index in [4.69, 9.17) is 14.2 Å². The highest BCUT2D eigenvalue weighted by molar-refractivity contribution is 5.82. The molecule has 4 atom stereocenters. The van der Waals surface area contributed by atoms with Crippen LogP contribution in [0.15, 0.2) is 43.0 Å². The average Bonchev–Trinajstić information content (AvgIpc) is 3.37. The van der Waals surface area contributed by atoms with Crippen molar-refractivity contribution in [1.29, 1.82) is 0 Å². The van der Waals surface area contributed by atoms with Crippen molar-refractivity contribution in [2.75, 3.05) is 5.32 Å². The van der Waals surface area contributed by atoms with Gasteiger partial charge < -0.3 is 24.6 Å². The van der Waals surface area contributed by atoms with Crippen LogP contribution in [0.4, 0.5) is 5.82 Å². The Hall–Kier alpha value is -3.08. The van der Waals surface area contributed by atoms with E-state index >= 15 is 0 Å². The lowest BCUT2D eigenvalue weighted by Gasteiger charge is -2.23. The fraction of sp³-hybridized carbons (Fsp3) is 0.400. The molecule has 2 aliphatic rings. The van der Waals surface area contributed by atoms with Gasteiger partial charge in [-0.2, -0.15) is 0 Å². The molecule has 2 aliphatic heterocycles. The Kier molecular flexibility index (Phi) is 4.42. The number of nitrogens with zero attached hydrogens (tertiary/aromatic N) is 4. The molecule has 2 N–H and O–H groups in total. The average molecular weight is 411 g/mol. The molecule has 30 heavy (non-hydrogen) atoms. The number of ether oxygens (including phenoxy) is 3. The van der Waals surface area contributed by atoms with Gasteiger partial charge in [0.1, 0.15) is 18.5 Å². The minimum absolute atomic E-state index is 0.517. The van der Waals surface area contributed by atoms with Gasteiger partial charge in [-0.25, -0.2) is 19.7 Å². The molecule has 3 aromatic rings. The van der Waals surface area contributed by atoms with Crippen molar-refractivity contribution in [2.45, 2.75) is 50.7 Å². The molecule has 0 saturated carbocycles. The normalized spacial score (nSPS) is 27.3. The van der Waals surface area contributed by atoms with Crippen molar-refractivity contribution in [2.24, 2.45) is 0 Å². The van der Waals surface area contributed by atoms with E-state index in [9.17, 15) is 9.90 Å². The third kappa shape index (κ3) is 3.18. The van der Waals surface area contributed by atoms with Crippen LogP contribution in [0, 0.1) is 0 Å². The molecular formula is C20H21N5O5. The lowest BCUT2D eigenvalue weighted by Crippen LogP contribution is -2.35. The highest BCUT2D eigenvalue weighted by Gasteiger charge is 2.58. The van der Waals surface area contributed by atoms with Gasteiger partial charge in [0.25, 0.3) is 0 Å². The molecule has 4 heterocycles. The molecule has 5 rings (SSSR count). The Morgan fingerprint density at radius 2 is 1.93 bits per heavy atom. The van der Waals surface area contributed by atoms with Gasteiger partial charge in [-0.3, -0.25) is 4.57 Å². The third-order valence-corrected chi connectivity index (χ3v) is 5.21. The summed E-state index contributed by atoms with van der Waals surface area (Å²) in [6.07, 6.45) is -0.207. The number of imidazole rings is 1. The molecule has 0 radical (unpaired) electrons. The molecule has 0 bridgehead atoms. The predicted molar refractivity (Wildman–Crippen MR) is 104 cm³/mol. The Morgan fingerprint density at radius 1 is 1.17 bits per heavy atom. The molecule has 0 spiro atoms. The lowest BCUT2D eigenvalue weighted by atomic mass is 10.1. The SMILES string of the molecule is CC1(C)O[C@@H]2[C@H](O1)[C@@H](C(=O)O)O[C@H]2n1cnc2c(NCc3ccccc3)ncnc21. The van der Waals surface area contributed by atoms with Gasteiger partial charge in [-0.05, 0) is 19.4 Å². The number of carbonyl (C=O) groups is 1. The number of hydrogen-bond acceptors (Lipinski definition) is 8. The second kappa shape index (κ2) is 7.01. The Morgan fingerprint density at radius 3 is 2.70 bits per heavy atom. The molecule has 10 nitrogen and oxygen atoms in total.